The van der Waals surface area contributed by atoms with Crippen molar-refractivity contribution in [1.29, 1.82) is 0 Å². The maximum absolute atomic E-state index is 8.75. The van der Waals surface area contributed by atoms with Crippen molar-refractivity contribution in [2.24, 2.45) is 0 Å². The Bertz CT molecular complexity index is 402. The second kappa shape index (κ2) is 8.46. The summed E-state index contributed by atoms with van der Waals surface area (Å²) in [6, 6.07) is 1.72. The lowest BCUT2D eigenvalue weighted by Crippen LogP contribution is -2.20. The van der Waals surface area contributed by atoms with Crippen LogP contribution in [0.4, 0.5) is 11.6 Å². The van der Waals surface area contributed by atoms with Crippen LogP contribution >= 0.6 is 23.2 Å². The molecule has 0 fully saturated rings. The van der Waals surface area contributed by atoms with Gasteiger partial charge < -0.3 is 15.3 Å². The molecule has 0 aliphatic heterocycles. The third kappa shape index (κ3) is 5.05. The summed E-state index contributed by atoms with van der Waals surface area (Å²) in [5.41, 5.74) is 0. The lowest BCUT2D eigenvalue weighted by Gasteiger charge is -2.20. The van der Waals surface area contributed by atoms with Gasteiger partial charge in [-0.1, -0.05) is 23.2 Å². The highest BCUT2D eigenvalue weighted by Crippen LogP contribution is 2.31. The molecular weight excluding hydrogens is 285 g/mol. The van der Waals surface area contributed by atoms with Crippen molar-refractivity contribution in [3.05, 3.63) is 16.1 Å². The van der Waals surface area contributed by atoms with E-state index in [9.17, 15) is 0 Å². The molecule has 0 aliphatic rings. The van der Waals surface area contributed by atoms with E-state index in [0.717, 1.165) is 38.2 Å². The molecule has 0 amide bonds. The number of nitrogens with zero attached hydrogens (tertiary/aromatic N) is 2. The van der Waals surface area contributed by atoms with Crippen molar-refractivity contribution in [1.82, 2.24) is 4.98 Å². The third-order valence-corrected chi connectivity index (χ3v) is 3.33. The molecule has 6 heteroatoms. The summed E-state index contributed by atoms with van der Waals surface area (Å²) in [7, 11) is 1.96. The highest BCUT2D eigenvalue weighted by atomic mass is 35.5. The number of hydrogen-bond donors (Lipinski definition) is 2. The molecule has 2 N–H and O–H groups in total. The van der Waals surface area contributed by atoms with E-state index < -0.39 is 0 Å². The summed E-state index contributed by atoms with van der Waals surface area (Å²) in [6.45, 7) is 3.84. The largest absolute Gasteiger partial charge is 0.396 e. The Kier molecular flexibility index (Phi) is 7.28. The summed E-state index contributed by atoms with van der Waals surface area (Å²) in [5.74, 6) is 1.39. The van der Waals surface area contributed by atoms with Gasteiger partial charge in [0, 0.05) is 26.7 Å². The second-order valence-corrected chi connectivity index (χ2v) is 5.17. The number of pyridine rings is 1. The number of halogens is 2. The summed E-state index contributed by atoms with van der Waals surface area (Å²) in [5, 5.41) is 12.9. The Balaban J connectivity index is 2.72. The molecule has 108 valence electrons. The van der Waals surface area contributed by atoms with Gasteiger partial charge in [0.1, 0.15) is 11.6 Å². The summed E-state index contributed by atoms with van der Waals surface area (Å²) < 4.78 is 0. The zero-order chi connectivity index (χ0) is 14.3. The molecule has 4 nitrogen and oxygen atoms in total. The fourth-order valence-corrected chi connectivity index (χ4v) is 2.33. The molecule has 0 saturated carbocycles. The van der Waals surface area contributed by atoms with E-state index in [2.05, 4.69) is 10.3 Å². The van der Waals surface area contributed by atoms with Gasteiger partial charge in [0.25, 0.3) is 0 Å². The number of hydrogen-bond acceptors (Lipinski definition) is 4. The molecule has 1 aromatic rings. The third-order valence-electron chi connectivity index (χ3n) is 2.77. The fourth-order valence-electron chi connectivity index (χ4n) is 1.76. The molecule has 0 atom stereocenters. The molecule has 1 rings (SSSR count). The zero-order valence-electron chi connectivity index (χ0n) is 11.4. The number of aliphatic hydroxyl groups excluding tert-OH is 1. The van der Waals surface area contributed by atoms with Crippen LogP contribution in [0, 0.1) is 0 Å². The topological polar surface area (TPSA) is 48.4 Å². The van der Waals surface area contributed by atoms with E-state index in [1.54, 1.807) is 6.07 Å². The van der Waals surface area contributed by atoms with Crippen LogP contribution in [0.5, 0.6) is 0 Å². The van der Waals surface area contributed by atoms with Gasteiger partial charge in [-0.15, -0.1) is 0 Å². The summed E-state index contributed by atoms with van der Waals surface area (Å²) >= 11 is 12.3. The van der Waals surface area contributed by atoms with Crippen LogP contribution < -0.4 is 10.2 Å². The van der Waals surface area contributed by atoms with Crippen LogP contribution in [-0.2, 0) is 0 Å². The molecule has 19 heavy (non-hydrogen) atoms. The highest BCUT2D eigenvalue weighted by Gasteiger charge is 2.12. The Hall–Kier alpha value is -0.710. The van der Waals surface area contributed by atoms with Crippen molar-refractivity contribution in [2.75, 3.05) is 37.0 Å². The second-order valence-electron chi connectivity index (χ2n) is 4.36. The highest BCUT2D eigenvalue weighted by molar-refractivity contribution is 6.37. The van der Waals surface area contributed by atoms with Crippen molar-refractivity contribution in [3.8, 4) is 0 Å². The molecule has 0 bridgehead atoms. The predicted molar refractivity (Wildman–Crippen MR) is 82.6 cm³/mol. The van der Waals surface area contributed by atoms with Gasteiger partial charge in [-0.05, 0) is 32.3 Å². The average molecular weight is 306 g/mol. The van der Waals surface area contributed by atoms with Crippen molar-refractivity contribution < 1.29 is 5.11 Å². The van der Waals surface area contributed by atoms with Crippen molar-refractivity contribution in [3.63, 3.8) is 0 Å². The number of nitrogens with one attached hydrogen (secondary N) is 1. The van der Waals surface area contributed by atoms with E-state index in [1.807, 2.05) is 18.9 Å². The van der Waals surface area contributed by atoms with E-state index in [4.69, 9.17) is 28.3 Å². The maximum atomic E-state index is 8.75. The molecule has 0 saturated heterocycles. The van der Waals surface area contributed by atoms with Crippen LogP contribution in [0.2, 0.25) is 10.0 Å². The predicted octanol–water partition coefficient (Wildman–Crippen LogP) is 3.42. The molecule has 0 aliphatic carbocycles. The van der Waals surface area contributed by atoms with Gasteiger partial charge in [0.15, 0.2) is 0 Å². The summed E-state index contributed by atoms with van der Waals surface area (Å²) in [6.07, 6.45) is 2.82. The lowest BCUT2D eigenvalue weighted by atomic mass is 10.2. The molecular formula is C13H21Cl2N3O. The Labute approximate surface area is 124 Å². The molecule has 0 radical (unpaired) electrons. The quantitative estimate of drug-likeness (QED) is 0.723. The fraction of sp³-hybridized carbons (Fsp3) is 0.615. The van der Waals surface area contributed by atoms with E-state index in [0.29, 0.717) is 15.9 Å². The Morgan fingerprint density at radius 2 is 2.00 bits per heavy atom. The van der Waals surface area contributed by atoms with Gasteiger partial charge in [-0.3, -0.25) is 0 Å². The summed E-state index contributed by atoms with van der Waals surface area (Å²) in [4.78, 5) is 6.47. The smallest absolute Gasteiger partial charge is 0.149 e. The number of aliphatic hydroxyl groups is 1. The van der Waals surface area contributed by atoms with Gasteiger partial charge in [0.2, 0.25) is 0 Å². The maximum Gasteiger partial charge on any atom is 0.149 e. The standard InChI is InChI=1S/C13H21Cl2N3O/c1-3-16-12-10(14)9-11(15)13(17-12)18(2)7-5-4-6-8-19/h9,19H,3-8H2,1-2H3,(H,16,17). The van der Waals surface area contributed by atoms with E-state index in [-0.39, 0.29) is 6.61 Å². The minimum Gasteiger partial charge on any atom is -0.396 e. The molecule has 1 aromatic heterocycles. The molecule has 1 heterocycles. The SMILES string of the molecule is CCNc1nc(N(C)CCCCCO)c(Cl)cc1Cl. The Morgan fingerprint density at radius 1 is 1.26 bits per heavy atom. The van der Waals surface area contributed by atoms with Crippen LogP contribution in [0.3, 0.4) is 0 Å². The van der Waals surface area contributed by atoms with Gasteiger partial charge in [-0.25, -0.2) is 4.98 Å². The van der Waals surface area contributed by atoms with Crippen molar-refractivity contribution >= 4 is 34.8 Å². The monoisotopic (exact) mass is 305 g/mol. The first-order valence-electron chi connectivity index (χ1n) is 6.52. The van der Waals surface area contributed by atoms with Gasteiger partial charge in [-0.2, -0.15) is 0 Å². The van der Waals surface area contributed by atoms with Crippen molar-refractivity contribution in [2.45, 2.75) is 26.2 Å². The number of unbranched alkanes of at least 4 members (excludes halogenated alkanes) is 2. The number of rotatable bonds is 8. The normalized spacial score (nSPS) is 10.6. The Morgan fingerprint density at radius 3 is 2.63 bits per heavy atom. The first-order chi connectivity index (χ1) is 9.10. The van der Waals surface area contributed by atoms with Gasteiger partial charge in [0.05, 0.1) is 10.0 Å². The van der Waals surface area contributed by atoms with E-state index >= 15 is 0 Å². The molecule has 0 unspecified atom stereocenters. The first-order valence-corrected chi connectivity index (χ1v) is 7.27. The molecule has 0 aromatic carbocycles. The van der Waals surface area contributed by atoms with Crippen LogP contribution in [-0.4, -0.2) is 36.8 Å². The minimum atomic E-state index is 0.244. The van der Waals surface area contributed by atoms with Crippen LogP contribution in [0.25, 0.3) is 0 Å². The zero-order valence-corrected chi connectivity index (χ0v) is 12.9. The number of aromatic nitrogens is 1. The van der Waals surface area contributed by atoms with Crippen LogP contribution in [0.1, 0.15) is 26.2 Å². The average Bonchev–Trinajstić information content (AvgIpc) is 2.38. The lowest BCUT2D eigenvalue weighted by molar-refractivity contribution is 0.283. The number of anilines is 2. The van der Waals surface area contributed by atoms with Crippen LogP contribution in [0.15, 0.2) is 6.07 Å². The van der Waals surface area contributed by atoms with Gasteiger partial charge >= 0.3 is 0 Å². The minimum absolute atomic E-state index is 0.244. The first kappa shape index (κ1) is 16.3. The molecule has 0 spiro atoms. The van der Waals surface area contributed by atoms with E-state index in [1.165, 1.54) is 0 Å².